The molecule has 0 bridgehead atoms. The fourth-order valence-corrected chi connectivity index (χ4v) is 1.63. The monoisotopic (exact) mass is 230 g/mol. The molecule has 0 saturated heterocycles. The first-order valence-electron chi connectivity index (χ1n) is 4.50. The van der Waals surface area contributed by atoms with E-state index in [4.69, 9.17) is 9.84 Å². The lowest BCUT2D eigenvalue weighted by molar-refractivity contribution is 0.122. The van der Waals surface area contributed by atoms with Crippen LogP contribution in [0.15, 0.2) is 29.2 Å². The predicted molar refractivity (Wildman–Crippen MR) is 56.7 cm³/mol. The molecular formula is C10H14O4S. The molecule has 0 aromatic heterocycles. The van der Waals surface area contributed by atoms with Crippen LogP contribution in [-0.4, -0.2) is 32.5 Å². The molecule has 0 aliphatic rings. The third-order valence-corrected chi connectivity index (χ3v) is 2.87. The second-order valence-corrected chi connectivity index (χ2v) is 5.42. The summed E-state index contributed by atoms with van der Waals surface area (Å²) in [5, 5.41) is 8.98. The quantitative estimate of drug-likeness (QED) is 0.833. The first-order valence-corrected chi connectivity index (χ1v) is 6.40. The van der Waals surface area contributed by atoms with Crippen LogP contribution < -0.4 is 4.74 Å². The van der Waals surface area contributed by atoms with Gasteiger partial charge in [-0.25, -0.2) is 8.42 Å². The van der Waals surface area contributed by atoms with Crippen molar-refractivity contribution in [1.82, 2.24) is 0 Å². The van der Waals surface area contributed by atoms with Crippen LogP contribution in [0.25, 0.3) is 0 Å². The van der Waals surface area contributed by atoms with Crippen molar-refractivity contribution in [1.29, 1.82) is 0 Å². The first-order chi connectivity index (χ1) is 6.89. The fraction of sp³-hybridized carbons (Fsp3) is 0.400. The van der Waals surface area contributed by atoms with E-state index in [1.165, 1.54) is 12.1 Å². The average Bonchev–Trinajstić information content (AvgIpc) is 2.14. The number of benzene rings is 1. The molecule has 0 aliphatic heterocycles. The minimum atomic E-state index is -3.16. The van der Waals surface area contributed by atoms with Gasteiger partial charge in [-0.1, -0.05) is 0 Å². The molecular weight excluding hydrogens is 216 g/mol. The molecule has 84 valence electrons. The lowest BCUT2D eigenvalue weighted by Crippen LogP contribution is -2.12. The smallest absolute Gasteiger partial charge is 0.175 e. The van der Waals surface area contributed by atoms with Gasteiger partial charge in [0, 0.05) is 6.26 Å². The van der Waals surface area contributed by atoms with Crippen LogP contribution in [0.2, 0.25) is 0 Å². The SMILES string of the molecule is C[C@H](O)COc1ccc(S(C)(=O)=O)cc1. The van der Waals surface area contributed by atoms with Crippen LogP contribution in [0, 0.1) is 0 Å². The molecule has 0 unspecified atom stereocenters. The number of ether oxygens (including phenoxy) is 1. The van der Waals surface area contributed by atoms with Crippen molar-refractivity contribution in [3.8, 4) is 5.75 Å². The summed E-state index contributed by atoms with van der Waals surface area (Å²) in [6, 6.07) is 6.09. The van der Waals surface area contributed by atoms with E-state index in [0.29, 0.717) is 5.75 Å². The van der Waals surface area contributed by atoms with Gasteiger partial charge in [-0.3, -0.25) is 0 Å². The summed E-state index contributed by atoms with van der Waals surface area (Å²) in [4.78, 5) is 0.256. The van der Waals surface area contributed by atoms with Gasteiger partial charge >= 0.3 is 0 Å². The molecule has 0 aliphatic carbocycles. The molecule has 1 aromatic carbocycles. The van der Waals surface area contributed by atoms with Gasteiger partial charge < -0.3 is 9.84 Å². The maximum Gasteiger partial charge on any atom is 0.175 e. The van der Waals surface area contributed by atoms with Crippen LogP contribution in [-0.2, 0) is 9.84 Å². The largest absolute Gasteiger partial charge is 0.491 e. The average molecular weight is 230 g/mol. The van der Waals surface area contributed by atoms with Crippen LogP contribution in [0.5, 0.6) is 5.75 Å². The van der Waals surface area contributed by atoms with Crippen LogP contribution in [0.3, 0.4) is 0 Å². The molecule has 0 radical (unpaired) electrons. The normalized spacial score (nSPS) is 13.5. The van der Waals surface area contributed by atoms with Crippen LogP contribution in [0.1, 0.15) is 6.92 Å². The van der Waals surface area contributed by atoms with Crippen LogP contribution in [0.4, 0.5) is 0 Å². The third kappa shape index (κ3) is 3.89. The molecule has 1 rings (SSSR count). The van der Waals surface area contributed by atoms with E-state index in [1.54, 1.807) is 19.1 Å². The highest BCUT2D eigenvalue weighted by Gasteiger charge is 2.06. The molecule has 0 amide bonds. The molecule has 1 atom stereocenters. The Kier molecular flexibility index (Phi) is 3.71. The van der Waals surface area contributed by atoms with E-state index in [-0.39, 0.29) is 11.5 Å². The molecule has 0 fully saturated rings. The maximum absolute atomic E-state index is 11.1. The van der Waals surface area contributed by atoms with E-state index in [0.717, 1.165) is 6.26 Å². The first kappa shape index (κ1) is 12.0. The second kappa shape index (κ2) is 4.63. The molecule has 0 saturated carbocycles. The highest BCUT2D eigenvalue weighted by Crippen LogP contribution is 2.15. The lowest BCUT2D eigenvalue weighted by Gasteiger charge is -2.08. The molecule has 4 nitrogen and oxygen atoms in total. The minimum absolute atomic E-state index is 0.193. The third-order valence-electron chi connectivity index (χ3n) is 1.74. The Balaban J connectivity index is 2.73. The van der Waals surface area contributed by atoms with E-state index in [9.17, 15) is 8.42 Å². The van der Waals surface area contributed by atoms with Crippen LogP contribution >= 0.6 is 0 Å². The number of rotatable bonds is 4. The fourth-order valence-electron chi connectivity index (χ4n) is 1.000. The number of hydrogen-bond donors (Lipinski definition) is 1. The lowest BCUT2D eigenvalue weighted by atomic mass is 10.3. The molecule has 5 heteroatoms. The van der Waals surface area contributed by atoms with Crippen molar-refractivity contribution in [2.75, 3.05) is 12.9 Å². The zero-order valence-corrected chi connectivity index (χ0v) is 9.49. The summed E-state index contributed by atoms with van der Waals surface area (Å²) in [7, 11) is -3.16. The van der Waals surface area contributed by atoms with Crippen molar-refractivity contribution in [2.24, 2.45) is 0 Å². The second-order valence-electron chi connectivity index (χ2n) is 3.40. The summed E-state index contributed by atoms with van der Waals surface area (Å²) in [6.07, 6.45) is 0.609. The van der Waals surface area contributed by atoms with Gasteiger partial charge in [-0.15, -0.1) is 0 Å². The number of sulfone groups is 1. The van der Waals surface area contributed by atoms with Gasteiger partial charge in [0.25, 0.3) is 0 Å². The summed E-state index contributed by atoms with van der Waals surface area (Å²) in [5.41, 5.74) is 0. The highest BCUT2D eigenvalue weighted by atomic mass is 32.2. The highest BCUT2D eigenvalue weighted by molar-refractivity contribution is 7.90. The van der Waals surface area contributed by atoms with E-state index in [1.807, 2.05) is 0 Å². The number of aliphatic hydroxyl groups is 1. The van der Waals surface area contributed by atoms with Gasteiger partial charge in [0.1, 0.15) is 12.4 Å². The molecule has 15 heavy (non-hydrogen) atoms. The molecule has 0 heterocycles. The predicted octanol–water partition coefficient (Wildman–Crippen LogP) is 0.850. The van der Waals surface area contributed by atoms with Gasteiger partial charge in [-0.2, -0.15) is 0 Å². The van der Waals surface area contributed by atoms with Crippen molar-refractivity contribution < 1.29 is 18.3 Å². The van der Waals surface area contributed by atoms with Gasteiger partial charge in [-0.05, 0) is 31.2 Å². The zero-order chi connectivity index (χ0) is 11.5. The Labute approximate surface area is 89.4 Å². The van der Waals surface area contributed by atoms with E-state index in [2.05, 4.69) is 0 Å². The zero-order valence-electron chi connectivity index (χ0n) is 8.67. The molecule has 1 aromatic rings. The van der Waals surface area contributed by atoms with Crippen molar-refractivity contribution in [2.45, 2.75) is 17.9 Å². The topological polar surface area (TPSA) is 63.6 Å². The maximum atomic E-state index is 11.1. The van der Waals surface area contributed by atoms with Crippen molar-refractivity contribution in [3.63, 3.8) is 0 Å². The minimum Gasteiger partial charge on any atom is -0.491 e. The molecule has 1 N–H and O–H groups in total. The Morgan fingerprint density at radius 3 is 2.27 bits per heavy atom. The van der Waals surface area contributed by atoms with Crippen molar-refractivity contribution in [3.05, 3.63) is 24.3 Å². The van der Waals surface area contributed by atoms with E-state index < -0.39 is 15.9 Å². The van der Waals surface area contributed by atoms with Crippen molar-refractivity contribution >= 4 is 9.84 Å². The Morgan fingerprint density at radius 2 is 1.87 bits per heavy atom. The van der Waals surface area contributed by atoms with E-state index >= 15 is 0 Å². The Morgan fingerprint density at radius 1 is 1.33 bits per heavy atom. The summed E-state index contributed by atoms with van der Waals surface area (Å²) in [6.45, 7) is 1.81. The van der Waals surface area contributed by atoms with Gasteiger partial charge in [0.15, 0.2) is 9.84 Å². The summed E-state index contributed by atoms with van der Waals surface area (Å²) >= 11 is 0. The van der Waals surface area contributed by atoms with Gasteiger partial charge in [0.05, 0.1) is 11.0 Å². The summed E-state index contributed by atoms with van der Waals surface area (Å²) < 4.78 is 27.4. The van der Waals surface area contributed by atoms with Gasteiger partial charge in [0.2, 0.25) is 0 Å². The standard InChI is InChI=1S/C10H14O4S/c1-8(11)7-14-9-3-5-10(6-4-9)15(2,12)13/h3-6,8,11H,7H2,1-2H3/t8-/m0/s1. The molecule has 0 spiro atoms. The number of aliphatic hydroxyl groups excluding tert-OH is 1. The number of hydrogen-bond acceptors (Lipinski definition) is 4. The Hall–Kier alpha value is -1.07. The Bertz CT molecular complexity index is 406. The summed E-state index contributed by atoms with van der Waals surface area (Å²) in [5.74, 6) is 0.545.